The smallest absolute Gasteiger partial charge is 0.319 e. The molecule has 1 N–H and O–H groups in total. The van der Waals surface area contributed by atoms with Gasteiger partial charge in [0.2, 0.25) is 0 Å². The molecule has 2 amide bonds. The number of rotatable bonds is 3. The molecule has 0 saturated carbocycles. The highest BCUT2D eigenvalue weighted by molar-refractivity contribution is 5.73. The molecule has 1 fully saturated rings. The lowest BCUT2D eigenvalue weighted by molar-refractivity contribution is 0.152. The van der Waals surface area contributed by atoms with E-state index in [9.17, 15) is 4.79 Å². The molecule has 1 aromatic rings. The van der Waals surface area contributed by atoms with Gasteiger partial charge in [-0.05, 0) is 12.8 Å². The standard InChI is InChI=1S/C12H22N6O/c1-16(2)12(19)18-6-4-10(5-7-18)13-8-11-15-14-9-17(11)3/h9-10,13H,4-8H2,1-3H3. The second-order valence-electron chi connectivity index (χ2n) is 5.18. The third-order valence-electron chi connectivity index (χ3n) is 3.50. The van der Waals surface area contributed by atoms with Gasteiger partial charge in [0.05, 0.1) is 6.54 Å². The Balaban J connectivity index is 1.75. The van der Waals surface area contributed by atoms with Gasteiger partial charge in [-0.3, -0.25) is 0 Å². The van der Waals surface area contributed by atoms with Gasteiger partial charge in [0.1, 0.15) is 12.2 Å². The molecular formula is C12H22N6O. The molecule has 106 valence electrons. The molecule has 1 aromatic heterocycles. The summed E-state index contributed by atoms with van der Waals surface area (Å²) >= 11 is 0. The van der Waals surface area contributed by atoms with E-state index in [4.69, 9.17) is 0 Å². The average Bonchev–Trinajstić information content (AvgIpc) is 2.81. The minimum atomic E-state index is 0.103. The molecule has 1 saturated heterocycles. The van der Waals surface area contributed by atoms with Gasteiger partial charge >= 0.3 is 6.03 Å². The quantitative estimate of drug-likeness (QED) is 0.839. The maximum atomic E-state index is 11.8. The first kappa shape index (κ1) is 13.8. The molecule has 0 aliphatic carbocycles. The molecule has 0 bridgehead atoms. The Labute approximate surface area is 113 Å². The Morgan fingerprint density at radius 3 is 2.68 bits per heavy atom. The average molecular weight is 266 g/mol. The van der Waals surface area contributed by atoms with Gasteiger partial charge in [0, 0.05) is 40.3 Å². The highest BCUT2D eigenvalue weighted by atomic mass is 16.2. The van der Waals surface area contributed by atoms with Gasteiger partial charge in [0.15, 0.2) is 0 Å². The van der Waals surface area contributed by atoms with Crippen LogP contribution in [0.3, 0.4) is 0 Å². The van der Waals surface area contributed by atoms with Crippen molar-refractivity contribution in [3.63, 3.8) is 0 Å². The molecule has 2 rings (SSSR count). The summed E-state index contributed by atoms with van der Waals surface area (Å²) in [7, 11) is 5.52. The van der Waals surface area contributed by atoms with Crippen molar-refractivity contribution in [2.75, 3.05) is 27.2 Å². The lowest BCUT2D eigenvalue weighted by Crippen LogP contribution is -2.48. The number of nitrogens with one attached hydrogen (secondary N) is 1. The molecule has 0 unspecified atom stereocenters. The fourth-order valence-electron chi connectivity index (χ4n) is 2.26. The number of likely N-dealkylation sites (tertiary alicyclic amines) is 1. The molecule has 0 spiro atoms. The van der Waals surface area contributed by atoms with Crippen molar-refractivity contribution in [1.29, 1.82) is 0 Å². The Morgan fingerprint density at radius 1 is 1.47 bits per heavy atom. The minimum absolute atomic E-state index is 0.103. The van der Waals surface area contributed by atoms with E-state index in [1.807, 2.05) is 16.5 Å². The normalized spacial score (nSPS) is 16.7. The van der Waals surface area contributed by atoms with E-state index in [-0.39, 0.29) is 6.03 Å². The van der Waals surface area contributed by atoms with Crippen molar-refractivity contribution in [2.24, 2.45) is 7.05 Å². The minimum Gasteiger partial charge on any atom is -0.331 e. The van der Waals surface area contributed by atoms with Crippen LogP contribution < -0.4 is 5.32 Å². The van der Waals surface area contributed by atoms with Crippen LogP contribution in [0.25, 0.3) is 0 Å². The SMILES string of the molecule is CN(C)C(=O)N1CCC(NCc2nncn2C)CC1. The van der Waals surface area contributed by atoms with Crippen molar-refractivity contribution >= 4 is 6.03 Å². The summed E-state index contributed by atoms with van der Waals surface area (Å²) in [5.41, 5.74) is 0. The predicted molar refractivity (Wildman–Crippen MR) is 71.5 cm³/mol. The van der Waals surface area contributed by atoms with Crippen LogP contribution in [0, 0.1) is 0 Å². The highest BCUT2D eigenvalue weighted by Gasteiger charge is 2.23. The van der Waals surface area contributed by atoms with Gasteiger partial charge in [-0.1, -0.05) is 0 Å². The molecular weight excluding hydrogens is 244 g/mol. The third kappa shape index (κ3) is 3.44. The summed E-state index contributed by atoms with van der Waals surface area (Å²) in [6.45, 7) is 2.35. The Bertz CT molecular complexity index is 422. The zero-order chi connectivity index (χ0) is 13.8. The first-order valence-electron chi connectivity index (χ1n) is 6.60. The predicted octanol–water partition coefficient (Wildman–Crippen LogP) is 0.0507. The molecule has 7 nitrogen and oxygen atoms in total. The zero-order valence-electron chi connectivity index (χ0n) is 11.8. The van der Waals surface area contributed by atoms with Gasteiger partial charge in [0.25, 0.3) is 0 Å². The number of hydrogen-bond acceptors (Lipinski definition) is 4. The van der Waals surface area contributed by atoms with E-state index >= 15 is 0 Å². The van der Waals surface area contributed by atoms with Gasteiger partial charge < -0.3 is 19.7 Å². The van der Waals surface area contributed by atoms with Crippen molar-refractivity contribution in [1.82, 2.24) is 29.9 Å². The number of nitrogens with zero attached hydrogens (tertiary/aromatic N) is 5. The van der Waals surface area contributed by atoms with Crippen LogP contribution in [0.1, 0.15) is 18.7 Å². The van der Waals surface area contributed by atoms with Gasteiger partial charge in [-0.2, -0.15) is 0 Å². The van der Waals surface area contributed by atoms with Crippen LogP contribution in [0.4, 0.5) is 4.79 Å². The summed E-state index contributed by atoms with van der Waals surface area (Å²) in [4.78, 5) is 15.3. The van der Waals surface area contributed by atoms with Crippen molar-refractivity contribution in [2.45, 2.75) is 25.4 Å². The van der Waals surface area contributed by atoms with Crippen LogP contribution >= 0.6 is 0 Å². The molecule has 0 aromatic carbocycles. The second-order valence-corrected chi connectivity index (χ2v) is 5.18. The number of aryl methyl sites for hydroxylation is 1. The number of carbonyl (C=O) groups is 1. The van der Waals surface area contributed by atoms with E-state index in [1.165, 1.54) is 0 Å². The topological polar surface area (TPSA) is 66.3 Å². The van der Waals surface area contributed by atoms with E-state index in [1.54, 1.807) is 25.3 Å². The van der Waals surface area contributed by atoms with Crippen LogP contribution in [0.2, 0.25) is 0 Å². The van der Waals surface area contributed by atoms with Crippen molar-refractivity contribution in [3.8, 4) is 0 Å². The summed E-state index contributed by atoms with van der Waals surface area (Å²) in [6.07, 6.45) is 3.67. The monoisotopic (exact) mass is 266 g/mol. The van der Waals surface area contributed by atoms with E-state index in [0.717, 1.165) is 38.3 Å². The van der Waals surface area contributed by atoms with Crippen LogP contribution in [0.15, 0.2) is 6.33 Å². The van der Waals surface area contributed by atoms with E-state index in [2.05, 4.69) is 15.5 Å². The summed E-state index contributed by atoms with van der Waals surface area (Å²) in [6, 6.07) is 0.551. The third-order valence-corrected chi connectivity index (χ3v) is 3.50. The fourth-order valence-corrected chi connectivity index (χ4v) is 2.26. The van der Waals surface area contributed by atoms with E-state index < -0.39 is 0 Å². The molecule has 1 aliphatic heterocycles. The number of piperidine rings is 1. The Morgan fingerprint density at radius 2 is 2.16 bits per heavy atom. The van der Waals surface area contributed by atoms with Crippen LogP contribution in [-0.4, -0.2) is 63.8 Å². The number of hydrogen-bond donors (Lipinski definition) is 1. The molecule has 0 radical (unpaired) electrons. The first-order valence-corrected chi connectivity index (χ1v) is 6.60. The van der Waals surface area contributed by atoms with Crippen LogP contribution in [-0.2, 0) is 13.6 Å². The maximum absolute atomic E-state index is 11.8. The van der Waals surface area contributed by atoms with Gasteiger partial charge in [-0.15, -0.1) is 10.2 Å². The summed E-state index contributed by atoms with van der Waals surface area (Å²) in [5, 5.41) is 11.4. The highest BCUT2D eigenvalue weighted by Crippen LogP contribution is 2.12. The van der Waals surface area contributed by atoms with Crippen molar-refractivity contribution in [3.05, 3.63) is 12.2 Å². The number of aromatic nitrogens is 3. The fraction of sp³-hybridized carbons (Fsp3) is 0.750. The number of amides is 2. The number of carbonyl (C=O) groups excluding carboxylic acids is 1. The second kappa shape index (κ2) is 6.01. The Kier molecular flexibility index (Phi) is 4.36. The van der Waals surface area contributed by atoms with Crippen LogP contribution in [0.5, 0.6) is 0 Å². The lowest BCUT2D eigenvalue weighted by Gasteiger charge is -2.33. The largest absolute Gasteiger partial charge is 0.331 e. The molecule has 7 heteroatoms. The summed E-state index contributed by atoms with van der Waals surface area (Å²) < 4.78 is 1.91. The zero-order valence-corrected chi connectivity index (χ0v) is 11.8. The molecule has 2 heterocycles. The molecule has 1 aliphatic rings. The molecule has 0 atom stereocenters. The Hall–Kier alpha value is -1.63. The van der Waals surface area contributed by atoms with E-state index in [0.29, 0.717) is 6.04 Å². The molecule has 19 heavy (non-hydrogen) atoms. The maximum Gasteiger partial charge on any atom is 0.319 e. The first-order chi connectivity index (χ1) is 9.08. The van der Waals surface area contributed by atoms with Gasteiger partial charge in [-0.25, -0.2) is 4.79 Å². The lowest BCUT2D eigenvalue weighted by atomic mass is 10.1. The number of urea groups is 1. The van der Waals surface area contributed by atoms with Crippen molar-refractivity contribution < 1.29 is 4.79 Å². The summed E-state index contributed by atoms with van der Waals surface area (Å²) in [5.74, 6) is 0.937.